The van der Waals surface area contributed by atoms with Crippen LogP contribution in [-0.2, 0) is 19.3 Å². The first-order valence-corrected chi connectivity index (χ1v) is 8.80. The highest BCUT2D eigenvalue weighted by atomic mass is 32.2. The van der Waals surface area contributed by atoms with Gasteiger partial charge in [-0.05, 0) is 18.6 Å². The maximum atomic E-state index is 11.8. The highest BCUT2D eigenvalue weighted by Crippen LogP contribution is 2.14. The van der Waals surface area contributed by atoms with E-state index >= 15 is 0 Å². The molecule has 6 nitrogen and oxygen atoms in total. The number of carbonyl (C=O) groups excluding carboxylic acids is 2. The lowest BCUT2D eigenvalue weighted by molar-refractivity contribution is -0.137. The van der Waals surface area contributed by atoms with Crippen LogP contribution in [0.4, 0.5) is 0 Å². The monoisotopic (exact) mass is 313 g/mol. The van der Waals surface area contributed by atoms with Gasteiger partial charge in [-0.2, -0.15) is 4.36 Å². The summed E-state index contributed by atoms with van der Waals surface area (Å²) in [5, 5.41) is 0. The minimum Gasteiger partial charge on any atom is -0.463 e. The van der Waals surface area contributed by atoms with Gasteiger partial charge in [0, 0.05) is 33.9 Å². The van der Waals surface area contributed by atoms with Crippen LogP contribution in [0, 0.1) is 0 Å². The largest absolute Gasteiger partial charge is 0.463 e. The fraction of sp³-hybridized carbons (Fsp3) is 0.429. The predicted molar refractivity (Wildman–Crippen MR) is 80.4 cm³/mol. The van der Waals surface area contributed by atoms with E-state index in [0.29, 0.717) is 12.2 Å². The molecule has 1 amide bonds. The molecule has 0 atom stereocenters. The average molecular weight is 313 g/mol. The first-order valence-electron chi connectivity index (χ1n) is 6.47. The van der Waals surface area contributed by atoms with Crippen LogP contribution in [-0.4, -0.2) is 35.2 Å². The minimum absolute atomic E-state index is 0.0518. The molecule has 0 unspecified atom stereocenters. The Hall–Kier alpha value is -1.89. The van der Waals surface area contributed by atoms with Gasteiger partial charge in [0.1, 0.15) is 0 Å². The van der Waals surface area contributed by atoms with Crippen molar-refractivity contribution in [2.75, 3.05) is 19.1 Å². The Morgan fingerprint density at radius 1 is 1.43 bits per heavy atom. The number of rotatable bonds is 6. The molecule has 0 N–H and O–H groups in total. The van der Waals surface area contributed by atoms with Gasteiger partial charge in [-0.15, -0.1) is 0 Å². The number of unbranched alkanes of at least 4 members (excludes halogenated alkanes) is 1. The van der Waals surface area contributed by atoms with Gasteiger partial charge in [0.2, 0.25) is 5.76 Å². The fourth-order valence-corrected chi connectivity index (χ4v) is 1.87. The molecule has 0 saturated heterocycles. The van der Waals surface area contributed by atoms with E-state index in [0.717, 1.165) is 12.8 Å². The Bertz CT molecular complexity index is 642. The first-order chi connectivity index (χ1) is 9.83. The number of amides is 1. The summed E-state index contributed by atoms with van der Waals surface area (Å²) in [6.45, 7) is 2.36. The molecule has 0 fully saturated rings. The first kappa shape index (κ1) is 17.2. The summed E-state index contributed by atoms with van der Waals surface area (Å²) in [5.41, 5.74) is 0.389. The predicted octanol–water partition coefficient (Wildman–Crippen LogP) is 2.50. The van der Waals surface area contributed by atoms with Gasteiger partial charge in [0.15, 0.2) is 0 Å². The molecule has 0 aliphatic heterocycles. The smallest absolute Gasteiger partial charge is 0.330 e. The van der Waals surface area contributed by atoms with Gasteiger partial charge in [0.05, 0.1) is 12.9 Å². The fourth-order valence-electron chi connectivity index (χ4n) is 1.39. The zero-order chi connectivity index (χ0) is 15.9. The summed E-state index contributed by atoms with van der Waals surface area (Å²) in [7, 11) is -2.56. The van der Waals surface area contributed by atoms with Crippen molar-refractivity contribution < 1.29 is 23.0 Å². The van der Waals surface area contributed by atoms with Crippen molar-refractivity contribution in [3.05, 3.63) is 29.7 Å². The van der Waals surface area contributed by atoms with Crippen LogP contribution in [0.15, 0.2) is 27.2 Å². The molecule has 0 radical (unpaired) electrons. The summed E-state index contributed by atoms with van der Waals surface area (Å²) in [6.07, 6.45) is 8.38. The van der Waals surface area contributed by atoms with Crippen LogP contribution in [0.25, 0.3) is 6.08 Å². The number of carbonyl (C=O) groups is 2. The van der Waals surface area contributed by atoms with Crippen LogP contribution in [0.1, 0.15) is 35.9 Å². The third kappa shape index (κ3) is 6.40. The van der Waals surface area contributed by atoms with Crippen LogP contribution in [0.2, 0.25) is 0 Å². The number of nitrogens with zero attached hydrogens (tertiary/aromatic N) is 1. The number of furan rings is 1. The molecular formula is C14H19NO5S. The molecule has 0 aromatic carbocycles. The second-order valence-corrected chi connectivity index (χ2v) is 7.18. The van der Waals surface area contributed by atoms with Gasteiger partial charge >= 0.3 is 11.9 Å². The second-order valence-electron chi connectivity index (χ2n) is 4.64. The molecule has 0 bridgehead atoms. The molecule has 1 aromatic rings. The van der Waals surface area contributed by atoms with Crippen molar-refractivity contribution in [1.82, 2.24) is 0 Å². The Morgan fingerprint density at radius 2 is 2.14 bits per heavy atom. The van der Waals surface area contributed by atoms with E-state index in [1.807, 2.05) is 6.92 Å². The van der Waals surface area contributed by atoms with Crippen molar-refractivity contribution >= 4 is 27.7 Å². The average Bonchev–Trinajstić information content (AvgIpc) is 2.83. The van der Waals surface area contributed by atoms with Crippen LogP contribution in [0.5, 0.6) is 0 Å². The Kier molecular flexibility index (Phi) is 6.36. The minimum atomic E-state index is -2.56. The summed E-state index contributed by atoms with van der Waals surface area (Å²) < 4.78 is 25.0. The molecule has 21 heavy (non-hydrogen) atoms. The Morgan fingerprint density at radius 3 is 2.76 bits per heavy atom. The van der Waals surface area contributed by atoms with E-state index in [2.05, 4.69) is 4.36 Å². The number of ether oxygens (including phenoxy) is 1. The topological polar surface area (TPSA) is 85.9 Å². The van der Waals surface area contributed by atoms with Crippen molar-refractivity contribution in [2.45, 2.75) is 19.8 Å². The highest BCUT2D eigenvalue weighted by Gasteiger charge is 2.14. The normalized spacial score (nSPS) is 11.6. The van der Waals surface area contributed by atoms with E-state index in [1.54, 1.807) is 0 Å². The maximum absolute atomic E-state index is 11.8. The number of esters is 1. The lowest BCUT2D eigenvalue weighted by Gasteiger charge is -1.99. The summed E-state index contributed by atoms with van der Waals surface area (Å²) in [5.74, 6) is -1.26. The van der Waals surface area contributed by atoms with Crippen molar-refractivity contribution in [2.24, 2.45) is 4.36 Å². The lowest BCUT2D eigenvalue weighted by Crippen LogP contribution is -2.03. The van der Waals surface area contributed by atoms with E-state index in [4.69, 9.17) is 9.15 Å². The van der Waals surface area contributed by atoms with Crippen LogP contribution >= 0.6 is 0 Å². The third-order valence-electron chi connectivity index (χ3n) is 2.33. The molecule has 1 rings (SSSR count). The van der Waals surface area contributed by atoms with E-state index in [9.17, 15) is 13.8 Å². The molecule has 1 heterocycles. The number of hydrogen-bond acceptors (Lipinski definition) is 5. The zero-order valence-corrected chi connectivity index (χ0v) is 13.1. The van der Waals surface area contributed by atoms with Gasteiger partial charge in [-0.25, -0.2) is 9.00 Å². The lowest BCUT2D eigenvalue weighted by atomic mass is 10.2. The second kappa shape index (κ2) is 7.78. The van der Waals surface area contributed by atoms with E-state index in [1.165, 1.54) is 37.0 Å². The van der Waals surface area contributed by atoms with Gasteiger partial charge in [0.25, 0.3) is 0 Å². The molecule has 0 aliphatic rings. The van der Waals surface area contributed by atoms with Gasteiger partial charge < -0.3 is 9.15 Å². The van der Waals surface area contributed by atoms with Crippen molar-refractivity contribution in [1.29, 1.82) is 0 Å². The van der Waals surface area contributed by atoms with E-state index in [-0.39, 0.29) is 5.76 Å². The summed E-state index contributed by atoms with van der Waals surface area (Å²) >= 11 is 0. The summed E-state index contributed by atoms with van der Waals surface area (Å²) in [4.78, 5) is 23.2. The molecule has 0 saturated carbocycles. The zero-order valence-electron chi connectivity index (χ0n) is 12.3. The quantitative estimate of drug-likeness (QED) is 0.457. The standard InChI is InChI=1S/C14H19NO5S/c1-4-5-9-19-12(16)7-6-11-8-10-20-13(11)14(17)15-21(2,3)18/h6-8,10H,4-5,9H2,1-3H3/b7-6+. The highest BCUT2D eigenvalue weighted by molar-refractivity contribution is 7.92. The molecule has 116 valence electrons. The molecular weight excluding hydrogens is 294 g/mol. The Balaban J connectivity index is 2.79. The van der Waals surface area contributed by atoms with Gasteiger partial charge in [-0.3, -0.25) is 4.79 Å². The van der Waals surface area contributed by atoms with Crippen LogP contribution < -0.4 is 0 Å². The van der Waals surface area contributed by atoms with Gasteiger partial charge in [-0.1, -0.05) is 13.3 Å². The third-order valence-corrected chi connectivity index (χ3v) is 2.94. The molecule has 7 heteroatoms. The molecule has 0 aliphatic carbocycles. The molecule has 0 spiro atoms. The SMILES string of the molecule is CCCCOC(=O)/C=C/c1ccoc1C(=O)N=S(C)(C)=O. The van der Waals surface area contributed by atoms with Crippen molar-refractivity contribution in [3.63, 3.8) is 0 Å². The molecule has 1 aromatic heterocycles. The van der Waals surface area contributed by atoms with Crippen molar-refractivity contribution in [3.8, 4) is 0 Å². The number of hydrogen-bond donors (Lipinski definition) is 0. The maximum Gasteiger partial charge on any atom is 0.330 e. The summed E-state index contributed by atoms with van der Waals surface area (Å²) in [6, 6.07) is 1.52. The Labute approximate surface area is 124 Å². The van der Waals surface area contributed by atoms with E-state index < -0.39 is 21.6 Å². The van der Waals surface area contributed by atoms with Crippen LogP contribution in [0.3, 0.4) is 0 Å².